The molecule has 1 atom stereocenters. The number of anilines is 1. The molecule has 1 aromatic heterocycles. The van der Waals surface area contributed by atoms with Crippen LogP contribution in [-0.2, 0) is 10.3 Å². The number of amides is 1. The summed E-state index contributed by atoms with van der Waals surface area (Å²) >= 11 is 7.20. The van der Waals surface area contributed by atoms with E-state index in [1.54, 1.807) is 0 Å². The van der Waals surface area contributed by atoms with Crippen molar-refractivity contribution >= 4 is 34.0 Å². The first-order valence-corrected chi connectivity index (χ1v) is 8.49. The standard InChI is InChI=1S/C16H15ClN4OS/c17-14-12(9-18)20-15(23-14)19-10-16(8-4-7-13(22)21-16)11-5-2-1-3-6-11/h1-3,5-6H,4,7-8,10H2,(H,19,20)(H,21,22). The summed E-state index contributed by atoms with van der Waals surface area (Å²) in [4.78, 5) is 16.1. The molecule has 5 nitrogen and oxygen atoms in total. The maximum absolute atomic E-state index is 12.0. The molecule has 0 bridgehead atoms. The zero-order chi connectivity index (χ0) is 16.3. The van der Waals surface area contributed by atoms with Crippen LogP contribution in [-0.4, -0.2) is 17.4 Å². The molecule has 0 saturated carbocycles. The number of benzene rings is 1. The smallest absolute Gasteiger partial charge is 0.220 e. The van der Waals surface area contributed by atoms with Gasteiger partial charge in [0.05, 0.1) is 5.54 Å². The Hall–Kier alpha value is -2.10. The van der Waals surface area contributed by atoms with Crippen molar-refractivity contribution in [2.24, 2.45) is 0 Å². The first-order chi connectivity index (χ1) is 11.1. The van der Waals surface area contributed by atoms with Gasteiger partial charge in [-0.2, -0.15) is 5.26 Å². The van der Waals surface area contributed by atoms with Crippen LogP contribution >= 0.6 is 22.9 Å². The van der Waals surface area contributed by atoms with E-state index < -0.39 is 5.54 Å². The van der Waals surface area contributed by atoms with Gasteiger partial charge in [-0.15, -0.1) is 0 Å². The van der Waals surface area contributed by atoms with Crippen LogP contribution in [0.5, 0.6) is 0 Å². The fourth-order valence-electron chi connectivity index (χ4n) is 2.82. The molecule has 1 amide bonds. The average Bonchev–Trinajstić information content (AvgIpc) is 2.94. The summed E-state index contributed by atoms with van der Waals surface area (Å²) in [5.41, 5.74) is 0.811. The van der Waals surface area contributed by atoms with Crippen LogP contribution in [0.2, 0.25) is 4.34 Å². The van der Waals surface area contributed by atoms with Gasteiger partial charge in [0.2, 0.25) is 5.91 Å². The van der Waals surface area contributed by atoms with Gasteiger partial charge in [0.1, 0.15) is 10.4 Å². The topological polar surface area (TPSA) is 77.8 Å². The van der Waals surface area contributed by atoms with Crippen LogP contribution in [0, 0.1) is 11.3 Å². The number of carbonyl (C=O) groups excluding carboxylic acids is 1. The Morgan fingerprint density at radius 3 is 2.87 bits per heavy atom. The van der Waals surface area contributed by atoms with Gasteiger partial charge >= 0.3 is 0 Å². The second-order valence-corrected chi connectivity index (χ2v) is 7.06. The molecule has 0 spiro atoms. The Morgan fingerprint density at radius 1 is 1.43 bits per heavy atom. The lowest BCUT2D eigenvalue weighted by Gasteiger charge is -2.38. The summed E-state index contributed by atoms with van der Waals surface area (Å²) in [6.45, 7) is 0.497. The molecule has 1 fully saturated rings. The van der Waals surface area contributed by atoms with Crippen LogP contribution < -0.4 is 10.6 Å². The predicted octanol–water partition coefficient (Wildman–Crippen LogP) is 3.28. The molecule has 1 unspecified atom stereocenters. The van der Waals surface area contributed by atoms with Crippen molar-refractivity contribution in [2.45, 2.75) is 24.8 Å². The molecule has 1 aromatic carbocycles. The number of nitrogens with zero attached hydrogens (tertiary/aromatic N) is 2. The summed E-state index contributed by atoms with van der Waals surface area (Å²) in [5.74, 6) is 0.0526. The molecule has 7 heteroatoms. The van der Waals surface area contributed by atoms with Crippen molar-refractivity contribution in [3.63, 3.8) is 0 Å². The fraction of sp³-hybridized carbons (Fsp3) is 0.312. The number of aromatic nitrogens is 1. The third-order valence-electron chi connectivity index (χ3n) is 3.95. The molecular weight excluding hydrogens is 332 g/mol. The summed E-state index contributed by atoms with van der Waals surface area (Å²) in [6.07, 6.45) is 2.24. The van der Waals surface area contributed by atoms with Crippen LogP contribution in [0.4, 0.5) is 5.13 Å². The predicted molar refractivity (Wildman–Crippen MR) is 90.4 cm³/mol. The van der Waals surface area contributed by atoms with E-state index in [4.69, 9.17) is 16.9 Å². The van der Waals surface area contributed by atoms with E-state index in [0.717, 1.165) is 18.4 Å². The lowest BCUT2D eigenvalue weighted by molar-refractivity contribution is -0.125. The van der Waals surface area contributed by atoms with Crippen molar-refractivity contribution in [3.8, 4) is 6.07 Å². The van der Waals surface area contributed by atoms with Crippen molar-refractivity contribution in [3.05, 3.63) is 45.9 Å². The number of nitriles is 1. The Balaban J connectivity index is 1.84. The molecule has 1 saturated heterocycles. The number of carbonyl (C=O) groups is 1. The highest BCUT2D eigenvalue weighted by Crippen LogP contribution is 2.33. The van der Waals surface area contributed by atoms with Gasteiger partial charge in [-0.05, 0) is 18.4 Å². The van der Waals surface area contributed by atoms with Gasteiger partial charge in [0.15, 0.2) is 10.8 Å². The number of nitrogens with one attached hydrogen (secondary N) is 2. The van der Waals surface area contributed by atoms with E-state index in [0.29, 0.717) is 22.4 Å². The van der Waals surface area contributed by atoms with Crippen molar-refractivity contribution in [1.82, 2.24) is 10.3 Å². The largest absolute Gasteiger partial charge is 0.359 e. The molecule has 1 aliphatic rings. The Labute approximate surface area is 143 Å². The molecule has 1 aliphatic heterocycles. The molecule has 2 N–H and O–H groups in total. The number of hydrogen-bond donors (Lipinski definition) is 2. The van der Waals surface area contributed by atoms with Crippen LogP contribution in [0.3, 0.4) is 0 Å². The lowest BCUT2D eigenvalue weighted by Crippen LogP contribution is -2.53. The number of thiazole rings is 1. The lowest BCUT2D eigenvalue weighted by atomic mass is 9.82. The molecule has 0 radical (unpaired) electrons. The number of halogens is 1. The molecule has 0 aliphatic carbocycles. The highest BCUT2D eigenvalue weighted by Gasteiger charge is 2.36. The zero-order valence-electron chi connectivity index (χ0n) is 12.3. The summed E-state index contributed by atoms with van der Waals surface area (Å²) in [7, 11) is 0. The first-order valence-electron chi connectivity index (χ1n) is 7.30. The van der Waals surface area contributed by atoms with E-state index >= 15 is 0 Å². The van der Waals surface area contributed by atoms with Crippen molar-refractivity contribution in [2.75, 3.05) is 11.9 Å². The minimum absolute atomic E-state index is 0.0526. The average molecular weight is 347 g/mol. The highest BCUT2D eigenvalue weighted by atomic mass is 35.5. The van der Waals surface area contributed by atoms with Crippen LogP contribution in [0.1, 0.15) is 30.5 Å². The van der Waals surface area contributed by atoms with Gasteiger partial charge in [-0.25, -0.2) is 4.98 Å². The summed E-state index contributed by atoms with van der Waals surface area (Å²) < 4.78 is 0.372. The van der Waals surface area contributed by atoms with E-state index in [9.17, 15) is 4.79 Å². The molecule has 23 heavy (non-hydrogen) atoms. The van der Waals surface area contributed by atoms with Crippen LogP contribution in [0.15, 0.2) is 30.3 Å². The minimum Gasteiger partial charge on any atom is -0.359 e. The Morgan fingerprint density at radius 2 is 2.22 bits per heavy atom. The molecule has 2 aromatic rings. The van der Waals surface area contributed by atoms with Crippen molar-refractivity contribution < 1.29 is 4.79 Å². The summed E-state index contributed by atoms with van der Waals surface area (Å²) in [6, 6.07) is 11.9. The molecule has 2 heterocycles. The maximum atomic E-state index is 12.0. The SMILES string of the molecule is N#Cc1nc(NCC2(c3ccccc3)CCCC(=O)N2)sc1Cl. The summed E-state index contributed by atoms with van der Waals surface area (Å²) in [5, 5.41) is 15.9. The Kier molecular flexibility index (Phi) is 4.51. The highest BCUT2D eigenvalue weighted by molar-refractivity contribution is 7.19. The van der Waals surface area contributed by atoms with Gasteiger partial charge in [0, 0.05) is 13.0 Å². The minimum atomic E-state index is -0.471. The van der Waals surface area contributed by atoms with E-state index in [-0.39, 0.29) is 11.6 Å². The van der Waals surface area contributed by atoms with Gasteiger partial charge in [0.25, 0.3) is 0 Å². The normalized spacial score (nSPS) is 20.6. The third kappa shape index (κ3) is 3.31. The van der Waals surface area contributed by atoms with Gasteiger partial charge in [-0.1, -0.05) is 53.3 Å². The molecule has 3 rings (SSSR count). The molecular formula is C16H15ClN4OS. The fourth-order valence-corrected chi connectivity index (χ4v) is 3.77. The monoisotopic (exact) mass is 346 g/mol. The number of piperidine rings is 1. The first kappa shape index (κ1) is 15.8. The molecule has 118 valence electrons. The van der Waals surface area contributed by atoms with E-state index in [2.05, 4.69) is 15.6 Å². The van der Waals surface area contributed by atoms with Crippen molar-refractivity contribution in [1.29, 1.82) is 5.26 Å². The van der Waals surface area contributed by atoms with E-state index in [1.165, 1.54) is 11.3 Å². The van der Waals surface area contributed by atoms with Crippen LogP contribution in [0.25, 0.3) is 0 Å². The maximum Gasteiger partial charge on any atom is 0.220 e. The Bertz CT molecular complexity index is 755. The van der Waals surface area contributed by atoms with E-state index in [1.807, 2.05) is 36.4 Å². The number of rotatable bonds is 4. The number of hydrogen-bond acceptors (Lipinski definition) is 5. The van der Waals surface area contributed by atoms with Gasteiger partial charge in [-0.3, -0.25) is 4.79 Å². The second kappa shape index (κ2) is 6.57. The quantitative estimate of drug-likeness (QED) is 0.890. The second-order valence-electron chi connectivity index (χ2n) is 5.46. The van der Waals surface area contributed by atoms with Gasteiger partial charge < -0.3 is 10.6 Å². The third-order valence-corrected chi connectivity index (χ3v) is 5.16. The zero-order valence-corrected chi connectivity index (χ0v) is 13.9.